The maximum Gasteiger partial charge on any atom is 0.191 e. The maximum absolute atomic E-state index is 4.29. The summed E-state index contributed by atoms with van der Waals surface area (Å²) in [4.78, 5) is 12.5. The Bertz CT molecular complexity index is 797. The Hall–Kier alpha value is -3.22. The molecule has 7 nitrogen and oxygen atoms in total. The van der Waals surface area contributed by atoms with E-state index >= 15 is 0 Å². The van der Waals surface area contributed by atoms with Crippen molar-refractivity contribution in [3.8, 4) is 0 Å². The predicted octanol–water partition coefficient (Wildman–Crippen LogP) is 1.59. The van der Waals surface area contributed by atoms with Gasteiger partial charge in [0.25, 0.3) is 0 Å². The molecule has 0 saturated heterocycles. The van der Waals surface area contributed by atoms with Gasteiger partial charge in [0.2, 0.25) is 0 Å². The van der Waals surface area contributed by atoms with E-state index in [0.29, 0.717) is 19.6 Å². The Balaban J connectivity index is 1.53. The van der Waals surface area contributed by atoms with Crippen LogP contribution < -0.4 is 10.6 Å². The molecule has 0 amide bonds. The van der Waals surface area contributed by atoms with Crippen molar-refractivity contribution in [2.75, 3.05) is 7.05 Å². The SMILES string of the molecule is CN=C(NCc1cccc(Cn2cncn2)c1)NCc1ccccn1. The number of nitrogens with zero attached hydrogens (tertiary/aromatic N) is 5. The number of nitrogens with one attached hydrogen (secondary N) is 2. The highest BCUT2D eigenvalue weighted by molar-refractivity contribution is 5.79. The molecule has 0 spiro atoms. The zero-order valence-electron chi connectivity index (χ0n) is 14.1. The Morgan fingerprint density at radius 3 is 2.72 bits per heavy atom. The fourth-order valence-corrected chi connectivity index (χ4v) is 2.42. The van der Waals surface area contributed by atoms with Crippen molar-refractivity contribution in [3.05, 3.63) is 78.1 Å². The molecule has 1 aromatic carbocycles. The monoisotopic (exact) mass is 335 g/mol. The molecule has 128 valence electrons. The highest BCUT2D eigenvalue weighted by Crippen LogP contribution is 2.06. The van der Waals surface area contributed by atoms with Crippen LogP contribution in [0, 0.1) is 0 Å². The lowest BCUT2D eigenvalue weighted by atomic mass is 10.1. The molecule has 25 heavy (non-hydrogen) atoms. The molecular weight excluding hydrogens is 314 g/mol. The summed E-state index contributed by atoms with van der Waals surface area (Å²) in [7, 11) is 1.76. The Morgan fingerprint density at radius 1 is 1.08 bits per heavy atom. The zero-order valence-corrected chi connectivity index (χ0v) is 14.1. The average Bonchev–Trinajstić information content (AvgIpc) is 3.16. The third-order valence-electron chi connectivity index (χ3n) is 3.65. The lowest BCUT2D eigenvalue weighted by Crippen LogP contribution is -2.36. The summed E-state index contributed by atoms with van der Waals surface area (Å²) < 4.78 is 1.81. The first-order valence-electron chi connectivity index (χ1n) is 8.08. The van der Waals surface area contributed by atoms with E-state index in [9.17, 15) is 0 Å². The molecule has 2 aromatic heterocycles. The molecule has 0 saturated carbocycles. The third kappa shape index (κ3) is 5.13. The topological polar surface area (TPSA) is 80.0 Å². The van der Waals surface area contributed by atoms with Crippen molar-refractivity contribution in [3.63, 3.8) is 0 Å². The van der Waals surface area contributed by atoms with Gasteiger partial charge in [-0.2, -0.15) is 5.10 Å². The van der Waals surface area contributed by atoms with Crippen LogP contribution in [0.4, 0.5) is 0 Å². The lowest BCUT2D eigenvalue weighted by Gasteiger charge is -2.12. The van der Waals surface area contributed by atoms with E-state index in [1.54, 1.807) is 30.6 Å². The standard InChI is InChI=1S/C18H21N7/c1-19-18(23-11-17-7-2-3-8-21-17)22-10-15-5-4-6-16(9-15)12-25-14-20-13-24-25/h2-9,13-14H,10-12H2,1H3,(H2,19,22,23). The van der Waals surface area contributed by atoms with Gasteiger partial charge < -0.3 is 10.6 Å². The van der Waals surface area contributed by atoms with Gasteiger partial charge in [-0.1, -0.05) is 30.3 Å². The van der Waals surface area contributed by atoms with Gasteiger partial charge in [0.15, 0.2) is 5.96 Å². The van der Waals surface area contributed by atoms with Gasteiger partial charge in [-0.3, -0.25) is 9.98 Å². The van der Waals surface area contributed by atoms with Crippen LogP contribution in [0.3, 0.4) is 0 Å². The molecule has 2 N–H and O–H groups in total. The van der Waals surface area contributed by atoms with E-state index in [-0.39, 0.29) is 0 Å². The van der Waals surface area contributed by atoms with Crippen molar-refractivity contribution in [1.82, 2.24) is 30.4 Å². The molecule has 0 unspecified atom stereocenters. The molecule has 7 heteroatoms. The molecule has 3 rings (SSSR count). The minimum atomic E-state index is 0.632. The average molecular weight is 335 g/mol. The summed E-state index contributed by atoms with van der Waals surface area (Å²) in [5, 5.41) is 10.7. The van der Waals surface area contributed by atoms with Crippen molar-refractivity contribution < 1.29 is 0 Å². The van der Waals surface area contributed by atoms with Gasteiger partial charge in [-0.05, 0) is 23.3 Å². The van der Waals surface area contributed by atoms with Crippen molar-refractivity contribution >= 4 is 5.96 Å². The first kappa shape index (κ1) is 16.6. The second-order valence-electron chi connectivity index (χ2n) is 5.51. The van der Waals surface area contributed by atoms with Crippen LogP contribution in [0.15, 0.2) is 66.3 Å². The van der Waals surface area contributed by atoms with Gasteiger partial charge in [0, 0.05) is 19.8 Å². The number of aromatic nitrogens is 4. The van der Waals surface area contributed by atoms with Crippen LogP contribution in [-0.4, -0.2) is 32.8 Å². The summed E-state index contributed by atoms with van der Waals surface area (Å²) in [6.45, 7) is 2.03. The Kier molecular flexibility index (Phi) is 5.71. The van der Waals surface area contributed by atoms with E-state index in [1.807, 2.05) is 24.3 Å². The number of hydrogen-bond donors (Lipinski definition) is 2. The van der Waals surface area contributed by atoms with E-state index in [0.717, 1.165) is 11.7 Å². The summed E-state index contributed by atoms with van der Waals surface area (Å²) in [6, 6.07) is 14.2. The first-order valence-corrected chi connectivity index (χ1v) is 8.08. The highest BCUT2D eigenvalue weighted by atomic mass is 15.3. The molecule has 3 aromatic rings. The summed E-state index contributed by atoms with van der Waals surface area (Å²) in [5.41, 5.74) is 3.33. The van der Waals surface area contributed by atoms with Gasteiger partial charge in [-0.15, -0.1) is 0 Å². The molecule has 0 fully saturated rings. The number of pyridine rings is 1. The van der Waals surface area contributed by atoms with E-state index in [2.05, 4.69) is 48.9 Å². The Morgan fingerprint density at radius 2 is 1.96 bits per heavy atom. The van der Waals surface area contributed by atoms with Crippen LogP contribution >= 0.6 is 0 Å². The molecule has 0 atom stereocenters. The quantitative estimate of drug-likeness (QED) is 0.528. The summed E-state index contributed by atoms with van der Waals surface area (Å²) in [5.74, 6) is 0.743. The molecular formula is C18H21N7. The van der Waals surface area contributed by atoms with Gasteiger partial charge in [0.05, 0.1) is 18.8 Å². The van der Waals surface area contributed by atoms with Crippen LogP contribution in [0.5, 0.6) is 0 Å². The molecule has 0 bridgehead atoms. The van der Waals surface area contributed by atoms with Crippen LogP contribution in [0.1, 0.15) is 16.8 Å². The van der Waals surface area contributed by atoms with Crippen LogP contribution in [0.25, 0.3) is 0 Å². The normalized spacial score (nSPS) is 11.3. The minimum Gasteiger partial charge on any atom is -0.352 e. The largest absolute Gasteiger partial charge is 0.352 e. The number of rotatable bonds is 6. The van der Waals surface area contributed by atoms with Crippen molar-refractivity contribution in [2.45, 2.75) is 19.6 Å². The van der Waals surface area contributed by atoms with E-state index in [1.165, 1.54) is 11.1 Å². The maximum atomic E-state index is 4.29. The van der Waals surface area contributed by atoms with Crippen LogP contribution in [0.2, 0.25) is 0 Å². The van der Waals surface area contributed by atoms with E-state index in [4.69, 9.17) is 0 Å². The van der Waals surface area contributed by atoms with E-state index < -0.39 is 0 Å². The second kappa shape index (κ2) is 8.58. The lowest BCUT2D eigenvalue weighted by molar-refractivity contribution is 0.683. The van der Waals surface area contributed by atoms with Gasteiger partial charge in [-0.25, -0.2) is 9.67 Å². The smallest absolute Gasteiger partial charge is 0.191 e. The van der Waals surface area contributed by atoms with Gasteiger partial charge >= 0.3 is 0 Å². The fourth-order valence-electron chi connectivity index (χ4n) is 2.42. The first-order chi connectivity index (χ1) is 12.3. The number of benzene rings is 1. The Labute approximate surface area is 146 Å². The van der Waals surface area contributed by atoms with Crippen molar-refractivity contribution in [1.29, 1.82) is 0 Å². The third-order valence-corrected chi connectivity index (χ3v) is 3.65. The summed E-state index contributed by atoms with van der Waals surface area (Å²) in [6.07, 6.45) is 5.05. The zero-order chi connectivity index (χ0) is 17.3. The number of aliphatic imine (C=N–C) groups is 1. The molecule has 0 aliphatic carbocycles. The fraction of sp³-hybridized carbons (Fsp3) is 0.222. The molecule has 0 aliphatic rings. The van der Waals surface area contributed by atoms with Crippen molar-refractivity contribution in [2.24, 2.45) is 4.99 Å². The predicted molar refractivity (Wildman–Crippen MR) is 96.8 cm³/mol. The number of guanidine groups is 1. The van der Waals surface area contributed by atoms with Crippen LogP contribution in [-0.2, 0) is 19.6 Å². The second-order valence-corrected chi connectivity index (χ2v) is 5.51. The molecule has 0 aliphatic heterocycles. The van der Waals surface area contributed by atoms with Gasteiger partial charge in [0.1, 0.15) is 12.7 Å². The summed E-state index contributed by atoms with van der Waals surface area (Å²) >= 11 is 0. The molecule has 0 radical (unpaired) electrons. The highest BCUT2D eigenvalue weighted by Gasteiger charge is 2.01. The number of hydrogen-bond acceptors (Lipinski definition) is 4. The molecule has 2 heterocycles. The minimum absolute atomic E-state index is 0.632.